The normalized spacial score (nSPS) is 40.6. The van der Waals surface area contributed by atoms with Gasteiger partial charge in [0.05, 0.1) is 38.1 Å². The van der Waals surface area contributed by atoms with Gasteiger partial charge in [-0.3, -0.25) is 27.1 Å². The highest BCUT2D eigenvalue weighted by atomic mass is 31.2. The van der Waals surface area contributed by atoms with E-state index in [1.165, 1.54) is 0 Å². The summed E-state index contributed by atoms with van der Waals surface area (Å²) in [6.45, 7) is 3.70. The van der Waals surface area contributed by atoms with Crippen LogP contribution in [0.1, 0.15) is 40.0 Å². The molecule has 0 aromatic rings. The summed E-state index contributed by atoms with van der Waals surface area (Å²) in [6, 6.07) is 0. The first kappa shape index (κ1) is 32.7. The summed E-state index contributed by atoms with van der Waals surface area (Å²) < 4.78 is 83.5. The fourth-order valence-electron chi connectivity index (χ4n) is 4.50. The maximum atomic E-state index is 12.7. The van der Waals surface area contributed by atoms with Crippen LogP contribution in [0.2, 0.25) is 0 Å². The van der Waals surface area contributed by atoms with Crippen molar-refractivity contribution in [2.24, 2.45) is 0 Å². The number of phosphoric ester groups is 3. The Bertz CT molecular complexity index is 920. The van der Waals surface area contributed by atoms with Gasteiger partial charge in [0.25, 0.3) is 0 Å². The lowest BCUT2D eigenvalue weighted by Gasteiger charge is -2.25. The van der Waals surface area contributed by atoms with Gasteiger partial charge in [0.2, 0.25) is 0 Å². The van der Waals surface area contributed by atoms with Gasteiger partial charge >= 0.3 is 23.5 Å². The largest absolute Gasteiger partial charge is 0.472 e. The predicted octanol–water partition coefficient (Wildman–Crippen LogP) is 1.65. The minimum atomic E-state index is -4.71. The third-order valence-electron chi connectivity index (χ3n) is 6.18. The van der Waals surface area contributed by atoms with Crippen LogP contribution in [0, 0.1) is 0 Å². The van der Waals surface area contributed by atoms with Crippen LogP contribution in [0.3, 0.4) is 0 Å². The Morgan fingerprint density at radius 1 is 0.658 bits per heavy atom. The summed E-state index contributed by atoms with van der Waals surface area (Å²) in [6.07, 6.45) is -6.00. The van der Waals surface area contributed by atoms with Crippen LogP contribution < -0.4 is 0 Å². The van der Waals surface area contributed by atoms with Crippen LogP contribution in [0.4, 0.5) is 0 Å². The SMILES string of the molecule is COP(=O)(O)OC1CC(C)OC1COP(=O)(O)OC1CC(C)OC1COP(=O)(O)OC1CC(C)OC1CO. The third kappa shape index (κ3) is 9.63. The number of aliphatic hydroxyl groups excluding tert-OH is 1. The van der Waals surface area contributed by atoms with Crippen LogP contribution in [0.15, 0.2) is 0 Å². The van der Waals surface area contributed by atoms with Crippen molar-refractivity contribution in [3.05, 3.63) is 0 Å². The lowest BCUT2D eigenvalue weighted by Crippen LogP contribution is -2.31. The molecule has 16 nitrogen and oxygen atoms in total. The summed E-state index contributed by atoms with van der Waals surface area (Å²) in [4.78, 5) is 30.0. The fourth-order valence-corrected chi connectivity index (χ4v) is 7.07. The molecule has 3 fully saturated rings. The van der Waals surface area contributed by atoms with Gasteiger partial charge in [0, 0.05) is 26.4 Å². The molecule has 0 aromatic heterocycles. The predicted molar refractivity (Wildman–Crippen MR) is 127 cm³/mol. The Hall–Kier alpha value is 0.170. The molecule has 3 heterocycles. The average Bonchev–Trinajstić information content (AvgIpc) is 3.45. The molecule has 3 saturated heterocycles. The molecule has 3 aliphatic heterocycles. The molecule has 0 amide bonds. The van der Waals surface area contributed by atoms with E-state index in [1.54, 1.807) is 20.8 Å². The van der Waals surface area contributed by atoms with Gasteiger partial charge < -0.3 is 34.0 Å². The summed E-state index contributed by atoms with van der Waals surface area (Å²) in [5.41, 5.74) is 0. The molecular formula is C19H37O16P3. The molecule has 12 unspecified atom stereocenters. The van der Waals surface area contributed by atoms with E-state index in [-0.39, 0.29) is 31.5 Å². The molecule has 3 rings (SSSR count). The zero-order valence-electron chi connectivity index (χ0n) is 21.5. The van der Waals surface area contributed by atoms with Crippen LogP contribution in [-0.4, -0.2) is 102 Å². The minimum Gasteiger partial charge on any atom is -0.394 e. The second kappa shape index (κ2) is 13.4. The molecular weight excluding hydrogens is 577 g/mol. The van der Waals surface area contributed by atoms with E-state index in [0.29, 0.717) is 0 Å². The van der Waals surface area contributed by atoms with Gasteiger partial charge in [-0.1, -0.05) is 0 Å². The molecule has 38 heavy (non-hydrogen) atoms. The lowest BCUT2D eigenvalue weighted by molar-refractivity contribution is -0.0409. The van der Waals surface area contributed by atoms with Gasteiger partial charge in [-0.2, -0.15) is 0 Å². The number of hydrogen-bond donors (Lipinski definition) is 4. The Balaban J connectivity index is 1.52. The Labute approximate surface area is 220 Å². The molecule has 3 aliphatic rings. The molecule has 0 radical (unpaired) electrons. The van der Waals surface area contributed by atoms with E-state index >= 15 is 0 Å². The van der Waals surface area contributed by atoms with Gasteiger partial charge in [-0.05, 0) is 20.8 Å². The molecule has 224 valence electrons. The first-order chi connectivity index (χ1) is 17.6. The van der Waals surface area contributed by atoms with Crippen molar-refractivity contribution in [1.29, 1.82) is 0 Å². The maximum absolute atomic E-state index is 12.7. The minimum absolute atomic E-state index is 0.156. The van der Waals surface area contributed by atoms with E-state index in [2.05, 4.69) is 4.52 Å². The highest BCUT2D eigenvalue weighted by molar-refractivity contribution is 7.48. The first-order valence-corrected chi connectivity index (χ1v) is 16.6. The summed E-state index contributed by atoms with van der Waals surface area (Å²) >= 11 is 0. The molecule has 0 bridgehead atoms. The standard InChI is InChI=1S/C19H37O16P3/c1-11-5-14(17(8-20)30-11)34-37(23,24)28-10-19-16(7-13(3)32-19)35-38(25,26)29-9-18-15(6-12(2)31-18)33-36(21,22)27-4/h11-20H,5-10H2,1-4H3,(H,21,22)(H,23,24)(H,25,26). The van der Waals surface area contributed by atoms with E-state index in [0.717, 1.165) is 7.11 Å². The highest BCUT2D eigenvalue weighted by Gasteiger charge is 2.44. The van der Waals surface area contributed by atoms with Gasteiger partial charge in [0.1, 0.15) is 36.6 Å². The van der Waals surface area contributed by atoms with Crippen LogP contribution >= 0.6 is 23.5 Å². The van der Waals surface area contributed by atoms with E-state index < -0.39 is 86.0 Å². The molecule has 4 N–H and O–H groups in total. The smallest absolute Gasteiger partial charge is 0.394 e. The average molecular weight is 614 g/mol. The van der Waals surface area contributed by atoms with Gasteiger partial charge in [-0.25, -0.2) is 13.7 Å². The summed E-state index contributed by atoms with van der Waals surface area (Å²) in [7, 11) is -12.6. The fraction of sp³-hybridized carbons (Fsp3) is 1.00. The second-order valence-corrected chi connectivity index (χ2v) is 13.8. The summed E-state index contributed by atoms with van der Waals surface area (Å²) in [5, 5.41) is 9.37. The second-order valence-electron chi connectivity index (χ2n) is 9.46. The third-order valence-corrected chi connectivity index (χ3v) is 9.20. The van der Waals surface area contributed by atoms with Gasteiger partial charge in [-0.15, -0.1) is 0 Å². The molecule has 0 aromatic carbocycles. The first-order valence-electron chi connectivity index (χ1n) is 12.1. The van der Waals surface area contributed by atoms with E-state index in [4.69, 9.17) is 36.8 Å². The number of hydrogen-bond acceptors (Lipinski definition) is 13. The molecule has 0 spiro atoms. The van der Waals surface area contributed by atoms with Crippen LogP contribution in [0.5, 0.6) is 0 Å². The number of rotatable bonds is 14. The zero-order valence-corrected chi connectivity index (χ0v) is 24.2. The molecule has 19 heteroatoms. The molecule has 0 aliphatic carbocycles. The van der Waals surface area contributed by atoms with Crippen LogP contribution in [-0.2, 0) is 55.0 Å². The van der Waals surface area contributed by atoms with Crippen molar-refractivity contribution in [3.8, 4) is 0 Å². The maximum Gasteiger partial charge on any atom is 0.472 e. The Kier molecular flexibility index (Phi) is 11.6. The monoisotopic (exact) mass is 614 g/mol. The van der Waals surface area contributed by atoms with Crippen molar-refractivity contribution in [1.82, 2.24) is 0 Å². The van der Waals surface area contributed by atoms with Crippen molar-refractivity contribution >= 4 is 23.5 Å². The van der Waals surface area contributed by atoms with E-state index in [1.807, 2.05) is 0 Å². The molecule has 12 atom stereocenters. The summed E-state index contributed by atoms with van der Waals surface area (Å²) in [5.74, 6) is 0. The van der Waals surface area contributed by atoms with Gasteiger partial charge in [0.15, 0.2) is 0 Å². The topological polar surface area (TPSA) is 215 Å². The Morgan fingerprint density at radius 2 is 1.00 bits per heavy atom. The van der Waals surface area contributed by atoms with Crippen molar-refractivity contribution in [2.75, 3.05) is 26.9 Å². The number of phosphoric acid groups is 3. The Morgan fingerprint density at radius 3 is 1.37 bits per heavy atom. The highest BCUT2D eigenvalue weighted by Crippen LogP contribution is 2.51. The molecule has 0 saturated carbocycles. The van der Waals surface area contributed by atoms with Crippen molar-refractivity contribution < 1.29 is 74.8 Å². The quantitative estimate of drug-likeness (QED) is 0.205. The number of aliphatic hydroxyl groups is 1. The number of ether oxygens (including phenoxy) is 3. The van der Waals surface area contributed by atoms with Crippen molar-refractivity contribution in [2.45, 2.75) is 95.0 Å². The van der Waals surface area contributed by atoms with Crippen molar-refractivity contribution in [3.63, 3.8) is 0 Å². The lowest BCUT2D eigenvalue weighted by atomic mass is 10.1. The van der Waals surface area contributed by atoms with E-state index in [9.17, 15) is 33.5 Å². The zero-order chi connectivity index (χ0) is 28.3. The van der Waals surface area contributed by atoms with Crippen LogP contribution in [0.25, 0.3) is 0 Å².